The molecule has 0 bridgehead atoms. The van der Waals surface area contributed by atoms with Crippen molar-refractivity contribution in [2.45, 2.75) is 39.0 Å². The van der Waals surface area contributed by atoms with Gasteiger partial charge in [-0.05, 0) is 62.3 Å². The van der Waals surface area contributed by atoms with Gasteiger partial charge in [0.1, 0.15) is 0 Å². The minimum Gasteiger partial charge on any atom is -0.338 e. The molecular formula is C26H29N5O2. The van der Waals surface area contributed by atoms with Crippen LogP contribution in [0.25, 0.3) is 5.69 Å². The number of aromatic nitrogens is 3. The predicted molar refractivity (Wildman–Crippen MR) is 126 cm³/mol. The SMILES string of the molecule is Cc1ccc(-n2nccn2)c(C(=O)N2CCC[C@@H](CC(=O)N3CCCc4ccccc43)C2)c1. The molecule has 2 aliphatic rings. The fraction of sp³-hybridized carbons (Fsp3) is 0.385. The number of para-hydroxylation sites is 1. The third-order valence-corrected chi connectivity index (χ3v) is 6.70. The Kier molecular flexibility index (Phi) is 5.94. The monoisotopic (exact) mass is 443 g/mol. The van der Waals surface area contributed by atoms with Crippen LogP contribution in [0, 0.1) is 12.8 Å². The Balaban J connectivity index is 1.31. The van der Waals surface area contributed by atoms with E-state index in [2.05, 4.69) is 16.3 Å². The lowest BCUT2D eigenvalue weighted by Crippen LogP contribution is -2.43. The van der Waals surface area contributed by atoms with Crippen molar-refractivity contribution >= 4 is 17.5 Å². The van der Waals surface area contributed by atoms with Crippen molar-refractivity contribution < 1.29 is 9.59 Å². The molecule has 7 heteroatoms. The van der Waals surface area contributed by atoms with Crippen molar-refractivity contribution in [3.05, 3.63) is 71.5 Å². The van der Waals surface area contributed by atoms with Gasteiger partial charge in [-0.15, -0.1) is 0 Å². The third kappa shape index (κ3) is 4.40. The molecule has 1 saturated heterocycles. The second-order valence-corrected chi connectivity index (χ2v) is 9.08. The molecule has 2 aliphatic heterocycles. The largest absolute Gasteiger partial charge is 0.338 e. The van der Waals surface area contributed by atoms with Gasteiger partial charge in [0.2, 0.25) is 5.91 Å². The Hall–Kier alpha value is -3.48. The molecule has 0 radical (unpaired) electrons. The smallest absolute Gasteiger partial charge is 0.256 e. The number of carbonyl (C=O) groups excluding carboxylic acids is 2. The minimum atomic E-state index is -0.0218. The van der Waals surface area contributed by atoms with E-state index < -0.39 is 0 Å². The summed E-state index contributed by atoms with van der Waals surface area (Å²) >= 11 is 0. The summed E-state index contributed by atoms with van der Waals surface area (Å²) in [6.45, 7) is 4.05. The number of benzene rings is 2. The molecular weight excluding hydrogens is 414 g/mol. The van der Waals surface area contributed by atoms with Crippen LogP contribution in [0.5, 0.6) is 0 Å². The molecule has 0 unspecified atom stereocenters. The van der Waals surface area contributed by atoms with Crippen molar-refractivity contribution in [3.8, 4) is 5.69 Å². The molecule has 170 valence electrons. The number of anilines is 1. The fourth-order valence-corrected chi connectivity index (χ4v) is 5.07. The van der Waals surface area contributed by atoms with E-state index in [1.807, 2.05) is 53.1 Å². The summed E-state index contributed by atoms with van der Waals surface area (Å²) in [6, 6.07) is 14.0. The topological polar surface area (TPSA) is 71.3 Å². The molecule has 1 atom stereocenters. The highest BCUT2D eigenvalue weighted by atomic mass is 16.2. The van der Waals surface area contributed by atoms with Crippen molar-refractivity contribution in [2.75, 3.05) is 24.5 Å². The Labute approximate surface area is 194 Å². The van der Waals surface area contributed by atoms with Gasteiger partial charge in [-0.3, -0.25) is 9.59 Å². The first kappa shape index (κ1) is 21.4. The van der Waals surface area contributed by atoms with E-state index in [9.17, 15) is 9.59 Å². The quantitative estimate of drug-likeness (QED) is 0.615. The molecule has 1 aromatic heterocycles. The third-order valence-electron chi connectivity index (χ3n) is 6.70. The van der Waals surface area contributed by atoms with E-state index in [0.29, 0.717) is 30.8 Å². The van der Waals surface area contributed by atoms with Crippen LogP contribution in [0.15, 0.2) is 54.9 Å². The van der Waals surface area contributed by atoms with E-state index in [0.717, 1.165) is 43.5 Å². The van der Waals surface area contributed by atoms with Gasteiger partial charge < -0.3 is 9.80 Å². The lowest BCUT2D eigenvalue weighted by Gasteiger charge is -2.35. The molecule has 33 heavy (non-hydrogen) atoms. The van der Waals surface area contributed by atoms with E-state index >= 15 is 0 Å². The van der Waals surface area contributed by atoms with Gasteiger partial charge in [-0.2, -0.15) is 15.0 Å². The van der Waals surface area contributed by atoms with Crippen molar-refractivity contribution in [1.29, 1.82) is 0 Å². The van der Waals surface area contributed by atoms with E-state index in [1.54, 1.807) is 12.4 Å². The van der Waals surface area contributed by atoms with E-state index in [1.165, 1.54) is 10.4 Å². The number of fused-ring (bicyclic) bond motifs is 1. The first-order valence-electron chi connectivity index (χ1n) is 11.7. The Morgan fingerprint density at radius 1 is 1.00 bits per heavy atom. The van der Waals surface area contributed by atoms with Gasteiger partial charge in [-0.25, -0.2) is 0 Å². The number of carbonyl (C=O) groups is 2. The van der Waals surface area contributed by atoms with E-state index in [4.69, 9.17) is 0 Å². The summed E-state index contributed by atoms with van der Waals surface area (Å²) in [5, 5.41) is 8.43. The summed E-state index contributed by atoms with van der Waals surface area (Å²) in [7, 11) is 0. The first-order valence-corrected chi connectivity index (χ1v) is 11.7. The van der Waals surface area contributed by atoms with Crippen molar-refractivity contribution in [3.63, 3.8) is 0 Å². The maximum absolute atomic E-state index is 13.5. The Morgan fingerprint density at radius 2 is 1.82 bits per heavy atom. The van der Waals surface area contributed by atoms with Crippen molar-refractivity contribution in [2.24, 2.45) is 5.92 Å². The van der Waals surface area contributed by atoms with Crippen LogP contribution >= 0.6 is 0 Å². The zero-order valence-corrected chi connectivity index (χ0v) is 19.0. The molecule has 3 heterocycles. The second kappa shape index (κ2) is 9.17. The summed E-state index contributed by atoms with van der Waals surface area (Å²) in [5.41, 5.74) is 4.59. The molecule has 1 fully saturated rings. The number of piperidine rings is 1. The second-order valence-electron chi connectivity index (χ2n) is 9.08. The summed E-state index contributed by atoms with van der Waals surface area (Å²) < 4.78 is 0. The number of nitrogens with zero attached hydrogens (tertiary/aromatic N) is 5. The highest BCUT2D eigenvalue weighted by molar-refractivity contribution is 5.98. The standard InChI is InChI=1S/C26H29N5O2/c1-19-10-11-24(31-27-12-13-28-31)22(16-19)26(33)29-14-4-6-20(18-29)17-25(32)30-15-5-8-21-7-2-3-9-23(21)30/h2-3,7,9-13,16,20H,4-6,8,14-15,17-18H2,1H3/t20-/m0/s1. The summed E-state index contributed by atoms with van der Waals surface area (Å²) in [5.74, 6) is 0.310. The van der Waals surface area contributed by atoms with Gasteiger partial charge in [0.05, 0.1) is 23.6 Å². The van der Waals surface area contributed by atoms with E-state index in [-0.39, 0.29) is 17.7 Å². The van der Waals surface area contributed by atoms with Crippen molar-refractivity contribution in [1.82, 2.24) is 19.9 Å². The molecule has 0 spiro atoms. The number of amides is 2. The first-order chi connectivity index (χ1) is 16.1. The summed E-state index contributed by atoms with van der Waals surface area (Å²) in [4.78, 5) is 32.1. The Bertz CT molecular complexity index is 1160. The maximum Gasteiger partial charge on any atom is 0.256 e. The normalized spacial score (nSPS) is 18.2. The number of hydrogen-bond donors (Lipinski definition) is 0. The van der Waals surface area contributed by atoms with Gasteiger partial charge in [-0.1, -0.05) is 29.8 Å². The average molecular weight is 444 g/mol. The Morgan fingerprint density at radius 3 is 2.67 bits per heavy atom. The van der Waals surface area contributed by atoms with Gasteiger partial charge in [0.15, 0.2) is 0 Å². The fourth-order valence-electron chi connectivity index (χ4n) is 5.07. The van der Waals surface area contributed by atoms with Crippen LogP contribution in [-0.4, -0.2) is 51.3 Å². The van der Waals surface area contributed by atoms with Gasteiger partial charge in [0.25, 0.3) is 5.91 Å². The number of rotatable bonds is 4. The number of hydrogen-bond acceptors (Lipinski definition) is 4. The number of likely N-dealkylation sites (tertiary alicyclic amines) is 1. The molecule has 2 amide bonds. The lowest BCUT2D eigenvalue weighted by atomic mass is 9.92. The van der Waals surface area contributed by atoms with Gasteiger partial charge >= 0.3 is 0 Å². The molecule has 0 saturated carbocycles. The molecule has 0 N–H and O–H groups in total. The van der Waals surface area contributed by atoms with Crippen LogP contribution < -0.4 is 4.90 Å². The van der Waals surface area contributed by atoms with Gasteiger partial charge in [0, 0.05) is 31.7 Å². The molecule has 2 aromatic carbocycles. The van der Waals surface area contributed by atoms with Crippen LogP contribution in [0.4, 0.5) is 5.69 Å². The molecule has 0 aliphatic carbocycles. The van der Waals surface area contributed by atoms with Crippen LogP contribution in [0.1, 0.15) is 47.2 Å². The van der Waals surface area contributed by atoms with Crippen LogP contribution in [0.2, 0.25) is 0 Å². The molecule has 3 aromatic rings. The van der Waals surface area contributed by atoms with Crippen LogP contribution in [0.3, 0.4) is 0 Å². The zero-order valence-electron chi connectivity index (χ0n) is 19.0. The highest BCUT2D eigenvalue weighted by Crippen LogP contribution is 2.30. The molecule has 7 nitrogen and oxygen atoms in total. The average Bonchev–Trinajstić information content (AvgIpc) is 3.38. The molecule has 5 rings (SSSR count). The maximum atomic E-state index is 13.5. The predicted octanol–water partition coefficient (Wildman–Crippen LogP) is 3.80. The minimum absolute atomic E-state index is 0.0218. The van der Waals surface area contributed by atoms with Crippen LogP contribution in [-0.2, 0) is 11.2 Å². The number of aryl methyl sites for hydroxylation is 2. The highest BCUT2D eigenvalue weighted by Gasteiger charge is 2.30. The lowest BCUT2D eigenvalue weighted by molar-refractivity contribution is -0.120. The summed E-state index contributed by atoms with van der Waals surface area (Å²) in [6.07, 6.45) is 7.57. The zero-order chi connectivity index (χ0) is 22.8.